The first kappa shape index (κ1) is 31.2. The zero-order valence-corrected chi connectivity index (χ0v) is 25.3. The Bertz CT molecular complexity index is 1770. The van der Waals surface area contributed by atoms with Crippen LogP contribution in [0.3, 0.4) is 0 Å². The predicted molar refractivity (Wildman–Crippen MR) is 162 cm³/mol. The largest absolute Gasteiger partial charge is 0.506 e. The Balaban J connectivity index is 0.00000188. The van der Waals surface area contributed by atoms with Crippen LogP contribution < -0.4 is 9.64 Å². The molecule has 44 heavy (non-hydrogen) atoms. The van der Waals surface area contributed by atoms with Gasteiger partial charge in [0.15, 0.2) is 5.60 Å². The highest BCUT2D eigenvalue weighted by atomic mass is 35.5. The van der Waals surface area contributed by atoms with Gasteiger partial charge in [0.2, 0.25) is 5.78 Å². The van der Waals surface area contributed by atoms with Gasteiger partial charge in [0, 0.05) is 48.0 Å². The van der Waals surface area contributed by atoms with Gasteiger partial charge in [-0.05, 0) is 42.3 Å². The first-order valence-corrected chi connectivity index (χ1v) is 14.5. The number of benzene rings is 4. The van der Waals surface area contributed by atoms with Crippen molar-refractivity contribution in [2.24, 2.45) is 0 Å². The summed E-state index contributed by atoms with van der Waals surface area (Å²) < 4.78 is 50.0. The highest BCUT2D eigenvalue weighted by Crippen LogP contribution is 2.58. The molecule has 0 amide bonds. The number of carbonyl (C=O) groups excluding carboxylic acids is 2. The van der Waals surface area contributed by atoms with E-state index in [1.807, 2.05) is 13.8 Å². The number of anilines is 2. The third kappa shape index (κ3) is 5.24. The minimum absolute atomic E-state index is 0.0473. The highest BCUT2D eigenvalue weighted by molar-refractivity contribution is 6.33. The number of phenolic OH excluding ortho intramolecular Hbond substituents is 1. The molecular formula is C33H26Cl2F3NO5. The standard InChI is InChI=1S/C31H20Cl2F3NO5.C2H6/c1-37(17-9-6-16(7-10-17)8-11-28(39)31(34,35)36)24-14-26-20(12-22(24)32)30(19-5-3-2-4-18(19)29(40)42-30)21-13-23(33)25(38)15-27(21)41-26;1-2/h2-7,9-10,12-15,38H,8,11H2,1H3;1-2H3. The van der Waals surface area contributed by atoms with Gasteiger partial charge in [0.25, 0.3) is 0 Å². The number of nitrogens with zero attached hydrogens (tertiary/aromatic N) is 1. The minimum atomic E-state index is -4.85. The molecule has 1 N–H and O–H groups in total. The molecule has 1 atom stereocenters. The van der Waals surface area contributed by atoms with Gasteiger partial charge < -0.3 is 19.5 Å². The molecular weight excluding hydrogens is 618 g/mol. The third-order valence-corrected chi connectivity index (χ3v) is 8.10. The molecule has 0 saturated heterocycles. The number of esters is 1. The molecule has 2 aliphatic rings. The number of rotatable bonds is 5. The highest BCUT2D eigenvalue weighted by Gasteiger charge is 2.54. The van der Waals surface area contributed by atoms with E-state index in [1.165, 1.54) is 12.1 Å². The third-order valence-electron chi connectivity index (χ3n) is 7.49. The van der Waals surface area contributed by atoms with E-state index >= 15 is 0 Å². The number of hydrogen-bond acceptors (Lipinski definition) is 6. The summed E-state index contributed by atoms with van der Waals surface area (Å²) in [7, 11) is 1.75. The van der Waals surface area contributed by atoms with Crippen LogP contribution in [0.25, 0.3) is 0 Å². The molecule has 0 saturated carbocycles. The van der Waals surface area contributed by atoms with Crippen LogP contribution in [0.15, 0.2) is 72.8 Å². The molecule has 6 nitrogen and oxygen atoms in total. The van der Waals surface area contributed by atoms with Gasteiger partial charge in [-0.3, -0.25) is 4.79 Å². The fraction of sp³-hybridized carbons (Fsp3) is 0.212. The second kappa shape index (κ2) is 11.7. The monoisotopic (exact) mass is 643 g/mol. The number of fused-ring (bicyclic) bond motifs is 6. The van der Waals surface area contributed by atoms with E-state index in [4.69, 9.17) is 32.7 Å². The topological polar surface area (TPSA) is 76.1 Å². The molecule has 0 bridgehead atoms. The molecule has 4 aromatic carbocycles. The van der Waals surface area contributed by atoms with Crippen LogP contribution >= 0.6 is 23.2 Å². The van der Waals surface area contributed by atoms with E-state index in [-0.39, 0.29) is 22.9 Å². The number of aryl methyl sites for hydroxylation is 1. The van der Waals surface area contributed by atoms with Gasteiger partial charge in [-0.15, -0.1) is 0 Å². The number of ether oxygens (including phenoxy) is 2. The van der Waals surface area contributed by atoms with Crippen molar-refractivity contribution in [3.63, 3.8) is 0 Å². The van der Waals surface area contributed by atoms with Crippen molar-refractivity contribution < 1.29 is 37.3 Å². The van der Waals surface area contributed by atoms with Gasteiger partial charge in [0.1, 0.15) is 17.2 Å². The first-order valence-electron chi connectivity index (χ1n) is 13.7. The summed E-state index contributed by atoms with van der Waals surface area (Å²) >= 11 is 13.1. The number of ketones is 1. The SMILES string of the molecule is CC.CN(c1ccc(CCC(=O)C(F)(F)F)cc1)c1cc2c(cc1Cl)C1(OC(=O)c3ccccc31)c1cc(Cl)c(O)cc1O2. The number of carbonyl (C=O) groups is 2. The van der Waals surface area contributed by atoms with Gasteiger partial charge in [-0.1, -0.05) is 67.4 Å². The second-order valence-electron chi connectivity index (χ2n) is 9.96. The number of hydrogen-bond donors (Lipinski definition) is 1. The zero-order valence-electron chi connectivity index (χ0n) is 23.8. The maximum atomic E-state index is 13.1. The van der Waals surface area contributed by atoms with Crippen molar-refractivity contribution in [3.05, 3.63) is 111 Å². The molecule has 2 aliphatic heterocycles. The molecule has 2 heterocycles. The molecule has 0 fully saturated rings. The Morgan fingerprint density at radius 2 is 1.52 bits per heavy atom. The molecule has 6 rings (SSSR count). The lowest BCUT2D eigenvalue weighted by molar-refractivity contribution is -0.171. The van der Waals surface area contributed by atoms with Crippen LogP contribution in [0, 0.1) is 0 Å². The maximum absolute atomic E-state index is 13.1. The lowest BCUT2D eigenvalue weighted by Crippen LogP contribution is -2.33. The van der Waals surface area contributed by atoms with Crippen molar-refractivity contribution in [2.75, 3.05) is 11.9 Å². The normalized spacial score (nSPS) is 16.1. The summed E-state index contributed by atoms with van der Waals surface area (Å²) in [6.07, 6.45) is -5.53. The Labute approximate surface area is 261 Å². The van der Waals surface area contributed by atoms with Crippen LogP contribution in [0.5, 0.6) is 17.2 Å². The van der Waals surface area contributed by atoms with Crippen molar-refractivity contribution >= 4 is 46.3 Å². The van der Waals surface area contributed by atoms with E-state index in [9.17, 15) is 27.9 Å². The molecule has 1 spiro atoms. The number of Topliss-reactive ketones (excluding diaryl/α,β-unsaturated/α-hetero) is 1. The van der Waals surface area contributed by atoms with Crippen molar-refractivity contribution in [2.45, 2.75) is 38.5 Å². The Morgan fingerprint density at radius 1 is 0.909 bits per heavy atom. The fourth-order valence-electron chi connectivity index (χ4n) is 5.37. The molecule has 4 aromatic rings. The second-order valence-corrected chi connectivity index (χ2v) is 10.8. The van der Waals surface area contributed by atoms with Crippen LogP contribution in [0.2, 0.25) is 10.0 Å². The van der Waals surface area contributed by atoms with Crippen LogP contribution in [0.4, 0.5) is 24.5 Å². The molecule has 0 aliphatic carbocycles. The van der Waals surface area contributed by atoms with Crippen LogP contribution in [-0.4, -0.2) is 30.1 Å². The number of alkyl halides is 3. The lowest BCUT2D eigenvalue weighted by atomic mass is 9.77. The Morgan fingerprint density at radius 3 is 2.18 bits per heavy atom. The summed E-state index contributed by atoms with van der Waals surface area (Å²) in [6, 6.07) is 19.8. The Hall–Kier alpha value is -4.21. The number of halogens is 5. The van der Waals surface area contributed by atoms with E-state index < -0.39 is 30.0 Å². The van der Waals surface area contributed by atoms with Gasteiger partial charge in [-0.25, -0.2) is 4.79 Å². The van der Waals surface area contributed by atoms with E-state index in [1.54, 1.807) is 72.6 Å². The van der Waals surface area contributed by atoms with Gasteiger partial charge in [-0.2, -0.15) is 13.2 Å². The average Bonchev–Trinajstić information content (AvgIpc) is 3.30. The quantitative estimate of drug-likeness (QED) is 0.219. The summed E-state index contributed by atoms with van der Waals surface area (Å²) in [5.41, 5.74) is 2.14. The molecule has 1 unspecified atom stereocenters. The van der Waals surface area contributed by atoms with Gasteiger partial charge in [0.05, 0.1) is 21.3 Å². The minimum Gasteiger partial charge on any atom is -0.506 e. The van der Waals surface area contributed by atoms with E-state index in [0.717, 1.165) is 0 Å². The van der Waals surface area contributed by atoms with Crippen molar-refractivity contribution in [1.82, 2.24) is 0 Å². The molecule has 0 aromatic heterocycles. The average molecular weight is 644 g/mol. The van der Waals surface area contributed by atoms with E-state index in [0.29, 0.717) is 50.0 Å². The van der Waals surface area contributed by atoms with Crippen LogP contribution in [0.1, 0.15) is 52.9 Å². The summed E-state index contributed by atoms with van der Waals surface area (Å²) in [5.74, 6) is -1.96. The maximum Gasteiger partial charge on any atom is 0.449 e. The smallest absolute Gasteiger partial charge is 0.449 e. The summed E-state index contributed by atoms with van der Waals surface area (Å²) in [6.45, 7) is 4.00. The molecule has 0 radical (unpaired) electrons. The van der Waals surface area contributed by atoms with E-state index in [2.05, 4.69) is 0 Å². The summed E-state index contributed by atoms with van der Waals surface area (Å²) in [4.78, 5) is 26.0. The van der Waals surface area contributed by atoms with Crippen molar-refractivity contribution in [3.8, 4) is 17.2 Å². The predicted octanol–water partition coefficient (Wildman–Crippen LogP) is 9.13. The van der Waals surface area contributed by atoms with Crippen molar-refractivity contribution in [1.29, 1.82) is 0 Å². The Kier molecular flexibility index (Phi) is 8.31. The van der Waals surface area contributed by atoms with Gasteiger partial charge >= 0.3 is 12.1 Å². The molecule has 11 heteroatoms. The fourth-order valence-corrected chi connectivity index (χ4v) is 5.82. The zero-order chi connectivity index (χ0) is 32.0. The number of phenols is 1. The lowest BCUT2D eigenvalue weighted by Gasteiger charge is -2.37. The number of aromatic hydroxyl groups is 1. The molecule has 228 valence electrons. The van der Waals surface area contributed by atoms with Crippen LogP contribution in [-0.2, 0) is 21.6 Å². The summed E-state index contributed by atoms with van der Waals surface area (Å²) in [5, 5.41) is 10.7. The first-order chi connectivity index (χ1) is 20.9.